The Bertz CT molecular complexity index is 713. The van der Waals surface area contributed by atoms with Crippen LogP contribution >= 0.6 is 0 Å². The Balaban J connectivity index is 1.85. The van der Waals surface area contributed by atoms with Crippen LogP contribution in [0.25, 0.3) is 0 Å². The first-order chi connectivity index (χ1) is 11.5. The number of amides is 1. The van der Waals surface area contributed by atoms with Gasteiger partial charge in [0, 0.05) is 20.1 Å². The molecule has 0 spiro atoms. The molecule has 0 aromatic carbocycles. The van der Waals surface area contributed by atoms with E-state index in [1.807, 2.05) is 18.0 Å². The van der Waals surface area contributed by atoms with Crippen LogP contribution < -0.4 is 10.2 Å². The Hall–Kier alpha value is -2.69. The lowest BCUT2D eigenvalue weighted by Gasteiger charge is -2.42. The first-order valence-electron chi connectivity index (χ1n) is 8.02. The van der Waals surface area contributed by atoms with E-state index in [2.05, 4.69) is 22.2 Å². The van der Waals surface area contributed by atoms with E-state index >= 15 is 0 Å². The standard InChI is InChI=1S/C16H20N6O2/c1-10-4-6-22(13(24)3-5-17)8-11(10)21(2)16-14-12(23)7-18-15(14)19-9-20-16/h9-11H,3-4,6-8H2,1-2H3,(H,18,19,20). The van der Waals surface area contributed by atoms with Crippen LogP contribution in [0, 0.1) is 17.2 Å². The molecule has 2 aliphatic rings. The van der Waals surface area contributed by atoms with Crippen molar-refractivity contribution < 1.29 is 9.59 Å². The predicted octanol–water partition coefficient (Wildman–Crippen LogP) is 0.672. The molecule has 1 aromatic heterocycles. The van der Waals surface area contributed by atoms with Crippen molar-refractivity contribution in [1.29, 1.82) is 5.26 Å². The summed E-state index contributed by atoms with van der Waals surface area (Å²) in [5.74, 6) is 1.34. The number of Topliss-reactive ketones (excluding diaryl/α,β-unsaturated/α-hetero) is 1. The van der Waals surface area contributed by atoms with Crippen LogP contribution in [0.1, 0.15) is 30.1 Å². The number of fused-ring (bicyclic) bond motifs is 1. The number of hydrogen-bond acceptors (Lipinski definition) is 7. The van der Waals surface area contributed by atoms with E-state index in [1.54, 1.807) is 4.90 Å². The molecule has 1 N–H and O–H groups in total. The zero-order chi connectivity index (χ0) is 17.3. The number of likely N-dealkylation sites (tertiary alicyclic amines) is 1. The topological polar surface area (TPSA) is 102 Å². The number of likely N-dealkylation sites (N-methyl/N-ethyl adjacent to an activating group) is 1. The first kappa shape index (κ1) is 16.2. The van der Waals surface area contributed by atoms with Gasteiger partial charge < -0.3 is 15.1 Å². The molecule has 0 aliphatic carbocycles. The summed E-state index contributed by atoms with van der Waals surface area (Å²) in [6.07, 6.45) is 2.20. The fourth-order valence-electron chi connectivity index (χ4n) is 3.40. The molecule has 0 bridgehead atoms. The molecular weight excluding hydrogens is 308 g/mol. The Labute approximate surface area is 140 Å². The number of piperidine rings is 1. The lowest BCUT2D eigenvalue weighted by atomic mass is 9.92. The van der Waals surface area contributed by atoms with Crippen LogP contribution in [-0.4, -0.2) is 59.3 Å². The predicted molar refractivity (Wildman–Crippen MR) is 87.6 cm³/mol. The molecule has 8 nitrogen and oxygen atoms in total. The van der Waals surface area contributed by atoms with E-state index in [1.165, 1.54) is 6.33 Å². The van der Waals surface area contributed by atoms with Gasteiger partial charge in [0.15, 0.2) is 5.78 Å². The van der Waals surface area contributed by atoms with Crippen molar-refractivity contribution >= 4 is 23.3 Å². The number of nitrogens with one attached hydrogen (secondary N) is 1. The molecule has 1 aromatic rings. The van der Waals surface area contributed by atoms with E-state index < -0.39 is 0 Å². The number of nitrogens with zero attached hydrogens (tertiary/aromatic N) is 5. The maximum atomic E-state index is 12.1. The smallest absolute Gasteiger partial charge is 0.236 e. The summed E-state index contributed by atoms with van der Waals surface area (Å²) in [5.41, 5.74) is 0.521. The van der Waals surface area contributed by atoms with Gasteiger partial charge in [-0.1, -0.05) is 6.92 Å². The molecular formula is C16H20N6O2. The molecule has 3 rings (SSSR count). The van der Waals surface area contributed by atoms with Crippen molar-refractivity contribution in [1.82, 2.24) is 14.9 Å². The van der Waals surface area contributed by atoms with E-state index in [0.29, 0.717) is 36.2 Å². The highest BCUT2D eigenvalue weighted by Gasteiger charge is 2.35. The molecule has 2 unspecified atom stereocenters. The average molecular weight is 328 g/mol. The Morgan fingerprint density at radius 3 is 3.08 bits per heavy atom. The van der Waals surface area contributed by atoms with Crippen LogP contribution in [-0.2, 0) is 4.79 Å². The van der Waals surface area contributed by atoms with Gasteiger partial charge in [-0.05, 0) is 12.3 Å². The van der Waals surface area contributed by atoms with Crippen LogP contribution in [0.3, 0.4) is 0 Å². The minimum atomic E-state index is -0.145. The van der Waals surface area contributed by atoms with Crippen molar-refractivity contribution in [2.45, 2.75) is 25.8 Å². The molecule has 3 heterocycles. The van der Waals surface area contributed by atoms with Crippen LogP contribution in [0.2, 0.25) is 0 Å². The van der Waals surface area contributed by atoms with Gasteiger partial charge in [0.1, 0.15) is 29.9 Å². The zero-order valence-corrected chi connectivity index (χ0v) is 13.8. The third kappa shape index (κ3) is 2.77. The molecule has 1 amide bonds. The number of aromatic nitrogens is 2. The highest BCUT2D eigenvalue weighted by atomic mass is 16.2. The maximum Gasteiger partial charge on any atom is 0.236 e. The zero-order valence-electron chi connectivity index (χ0n) is 13.8. The summed E-state index contributed by atoms with van der Waals surface area (Å²) in [4.78, 5) is 36.3. The first-order valence-corrected chi connectivity index (χ1v) is 8.02. The molecule has 126 valence electrons. The second-order valence-corrected chi connectivity index (χ2v) is 6.32. The van der Waals surface area contributed by atoms with Crippen LogP contribution in [0.4, 0.5) is 11.6 Å². The number of carbonyl (C=O) groups is 2. The number of nitriles is 1. The summed E-state index contributed by atoms with van der Waals surface area (Å²) in [5, 5.41) is 11.7. The van der Waals surface area contributed by atoms with Gasteiger partial charge in [-0.15, -0.1) is 0 Å². The fourth-order valence-corrected chi connectivity index (χ4v) is 3.40. The monoisotopic (exact) mass is 328 g/mol. The highest BCUT2D eigenvalue weighted by molar-refractivity contribution is 6.10. The van der Waals surface area contributed by atoms with Gasteiger partial charge in [0.25, 0.3) is 0 Å². The molecule has 8 heteroatoms. The van der Waals surface area contributed by atoms with E-state index in [0.717, 1.165) is 6.42 Å². The third-order valence-electron chi connectivity index (χ3n) is 4.86. The van der Waals surface area contributed by atoms with E-state index in [-0.39, 0.29) is 30.7 Å². The SMILES string of the molecule is CC1CCN(C(=O)CC#N)CC1N(C)c1ncnc2c1C(=O)CN2. The highest BCUT2D eigenvalue weighted by Crippen LogP contribution is 2.31. The molecule has 1 saturated heterocycles. The number of carbonyl (C=O) groups excluding carboxylic acids is 2. The van der Waals surface area contributed by atoms with Crippen LogP contribution in [0.5, 0.6) is 0 Å². The van der Waals surface area contributed by atoms with Gasteiger partial charge >= 0.3 is 0 Å². The minimum absolute atomic E-state index is 0.0201. The summed E-state index contributed by atoms with van der Waals surface area (Å²) >= 11 is 0. The van der Waals surface area contributed by atoms with Gasteiger partial charge in [0.2, 0.25) is 5.91 Å². The summed E-state index contributed by atoms with van der Waals surface area (Å²) in [6, 6.07) is 1.95. The van der Waals surface area contributed by atoms with Crippen molar-refractivity contribution in [3.05, 3.63) is 11.9 Å². The van der Waals surface area contributed by atoms with Crippen LogP contribution in [0.15, 0.2) is 6.33 Å². The van der Waals surface area contributed by atoms with Gasteiger partial charge in [-0.3, -0.25) is 9.59 Å². The summed E-state index contributed by atoms with van der Waals surface area (Å²) in [7, 11) is 1.90. The van der Waals surface area contributed by atoms with Crippen molar-refractivity contribution in [2.75, 3.05) is 36.9 Å². The normalized spacial score (nSPS) is 22.5. The number of rotatable bonds is 3. The quantitative estimate of drug-likeness (QED) is 0.870. The Morgan fingerprint density at radius 2 is 2.33 bits per heavy atom. The van der Waals surface area contributed by atoms with Crippen molar-refractivity contribution in [3.63, 3.8) is 0 Å². The Kier molecular flexibility index (Phi) is 4.34. The lowest BCUT2D eigenvalue weighted by molar-refractivity contribution is -0.131. The number of anilines is 2. The van der Waals surface area contributed by atoms with E-state index in [4.69, 9.17) is 5.26 Å². The lowest BCUT2D eigenvalue weighted by Crippen LogP contribution is -2.53. The molecule has 2 atom stereocenters. The van der Waals surface area contributed by atoms with Crippen molar-refractivity contribution in [2.24, 2.45) is 5.92 Å². The summed E-state index contributed by atoms with van der Waals surface area (Å²) < 4.78 is 0. The van der Waals surface area contributed by atoms with Gasteiger partial charge in [0.05, 0.1) is 18.7 Å². The average Bonchev–Trinajstić information content (AvgIpc) is 2.96. The molecule has 1 fully saturated rings. The number of ketones is 1. The second-order valence-electron chi connectivity index (χ2n) is 6.32. The van der Waals surface area contributed by atoms with Gasteiger partial charge in [-0.2, -0.15) is 5.26 Å². The minimum Gasteiger partial charge on any atom is -0.362 e. The fraction of sp³-hybridized carbons (Fsp3) is 0.562. The van der Waals surface area contributed by atoms with Crippen molar-refractivity contribution in [3.8, 4) is 6.07 Å². The molecule has 0 saturated carbocycles. The van der Waals surface area contributed by atoms with E-state index in [9.17, 15) is 9.59 Å². The Morgan fingerprint density at radius 1 is 1.54 bits per heavy atom. The molecule has 2 aliphatic heterocycles. The number of hydrogen-bond donors (Lipinski definition) is 1. The third-order valence-corrected chi connectivity index (χ3v) is 4.86. The molecule has 0 radical (unpaired) electrons. The second kappa shape index (κ2) is 6.43. The largest absolute Gasteiger partial charge is 0.362 e. The van der Waals surface area contributed by atoms with Gasteiger partial charge in [-0.25, -0.2) is 9.97 Å². The maximum absolute atomic E-state index is 12.1. The molecule has 24 heavy (non-hydrogen) atoms. The summed E-state index contributed by atoms with van der Waals surface area (Å²) in [6.45, 7) is 3.56.